The summed E-state index contributed by atoms with van der Waals surface area (Å²) in [6.07, 6.45) is 8.37. The van der Waals surface area contributed by atoms with E-state index in [1.807, 2.05) is 12.1 Å². The van der Waals surface area contributed by atoms with Gasteiger partial charge in [0, 0.05) is 12.0 Å². The molecule has 0 bridgehead atoms. The molecular weight excluding hydrogens is 232 g/mol. The number of hydrogen-bond acceptors (Lipinski definition) is 1. The quantitative estimate of drug-likeness (QED) is 0.650. The number of hydrogen-bond donors (Lipinski definition) is 0. The standard InChI is InChI=1S/C18H26O/c1-3-14(2)16-9-11-17(12-10-16)18(19)13-15-7-5-4-6-8-15/h9-12,14-15H,3-8,13H2,1-2H3. The van der Waals surface area contributed by atoms with E-state index < -0.39 is 0 Å². The van der Waals surface area contributed by atoms with Crippen LogP contribution in [0.4, 0.5) is 0 Å². The fraction of sp³-hybridized carbons (Fsp3) is 0.611. The van der Waals surface area contributed by atoms with Crippen LogP contribution in [0.3, 0.4) is 0 Å². The van der Waals surface area contributed by atoms with Crippen molar-refractivity contribution in [2.45, 2.75) is 64.7 Å². The van der Waals surface area contributed by atoms with Crippen molar-refractivity contribution < 1.29 is 4.79 Å². The van der Waals surface area contributed by atoms with Crippen LogP contribution in [0, 0.1) is 5.92 Å². The second-order valence-electron chi connectivity index (χ2n) is 6.06. The minimum absolute atomic E-state index is 0.336. The van der Waals surface area contributed by atoms with Crippen molar-refractivity contribution in [1.82, 2.24) is 0 Å². The van der Waals surface area contributed by atoms with Crippen LogP contribution in [0.2, 0.25) is 0 Å². The predicted octanol–water partition coefficient (Wildman–Crippen LogP) is 5.35. The summed E-state index contributed by atoms with van der Waals surface area (Å²) in [5.74, 6) is 1.56. The molecule has 1 heteroatoms. The lowest BCUT2D eigenvalue weighted by Crippen LogP contribution is -2.12. The van der Waals surface area contributed by atoms with E-state index in [-0.39, 0.29) is 0 Å². The van der Waals surface area contributed by atoms with Gasteiger partial charge in [-0.1, -0.05) is 70.2 Å². The first kappa shape index (κ1) is 14.3. The number of ketones is 1. The van der Waals surface area contributed by atoms with Crippen LogP contribution in [0.5, 0.6) is 0 Å². The zero-order valence-corrected chi connectivity index (χ0v) is 12.3. The van der Waals surface area contributed by atoms with Gasteiger partial charge in [-0.05, 0) is 23.8 Å². The molecule has 0 aromatic heterocycles. The van der Waals surface area contributed by atoms with E-state index >= 15 is 0 Å². The van der Waals surface area contributed by atoms with Gasteiger partial charge < -0.3 is 0 Å². The van der Waals surface area contributed by atoms with Crippen molar-refractivity contribution in [2.24, 2.45) is 5.92 Å². The third kappa shape index (κ3) is 3.92. The fourth-order valence-electron chi connectivity index (χ4n) is 3.00. The van der Waals surface area contributed by atoms with Crippen molar-refractivity contribution in [3.63, 3.8) is 0 Å². The Labute approximate surface area is 117 Å². The van der Waals surface area contributed by atoms with E-state index in [1.54, 1.807) is 0 Å². The van der Waals surface area contributed by atoms with Gasteiger partial charge in [-0.3, -0.25) is 4.79 Å². The number of Topliss-reactive ketones (excluding diaryl/α,β-unsaturated/α-hetero) is 1. The lowest BCUT2D eigenvalue weighted by Gasteiger charge is -2.20. The highest BCUT2D eigenvalue weighted by Gasteiger charge is 2.18. The van der Waals surface area contributed by atoms with Crippen molar-refractivity contribution >= 4 is 5.78 Å². The number of carbonyl (C=O) groups excluding carboxylic acids is 1. The highest BCUT2D eigenvalue weighted by atomic mass is 16.1. The zero-order chi connectivity index (χ0) is 13.7. The summed E-state index contributed by atoms with van der Waals surface area (Å²) in [5.41, 5.74) is 2.24. The molecule has 19 heavy (non-hydrogen) atoms. The summed E-state index contributed by atoms with van der Waals surface area (Å²) in [4.78, 5) is 12.3. The summed E-state index contributed by atoms with van der Waals surface area (Å²) in [5, 5.41) is 0. The highest BCUT2D eigenvalue weighted by Crippen LogP contribution is 2.28. The predicted molar refractivity (Wildman–Crippen MR) is 80.7 cm³/mol. The lowest BCUT2D eigenvalue weighted by molar-refractivity contribution is 0.0950. The zero-order valence-electron chi connectivity index (χ0n) is 12.3. The Morgan fingerprint density at radius 1 is 1.16 bits per heavy atom. The molecule has 1 saturated carbocycles. The Kier molecular flexibility index (Phi) is 5.18. The normalized spacial score (nSPS) is 18.2. The van der Waals surface area contributed by atoms with Gasteiger partial charge in [0.1, 0.15) is 0 Å². The third-order valence-corrected chi connectivity index (χ3v) is 4.61. The van der Waals surface area contributed by atoms with E-state index in [2.05, 4.69) is 26.0 Å². The molecule has 1 nitrogen and oxygen atoms in total. The first-order valence-corrected chi connectivity index (χ1v) is 7.84. The molecule has 2 rings (SSSR count). The Morgan fingerprint density at radius 3 is 2.37 bits per heavy atom. The summed E-state index contributed by atoms with van der Waals surface area (Å²) >= 11 is 0. The maximum Gasteiger partial charge on any atom is 0.163 e. The van der Waals surface area contributed by atoms with Gasteiger partial charge >= 0.3 is 0 Å². The Morgan fingerprint density at radius 2 is 1.79 bits per heavy atom. The van der Waals surface area contributed by atoms with Crippen molar-refractivity contribution in [1.29, 1.82) is 0 Å². The number of rotatable bonds is 5. The molecule has 1 aliphatic rings. The van der Waals surface area contributed by atoms with Gasteiger partial charge in [0.05, 0.1) is 0 Å². The Balaban J connectivity index is 1.95. The molecule has 104 valence electrons. The first-order valence-electron chi connectivity index (χ1n) is 7.84. The largest absolute Gasteiger partial charge is 0.294 e. The summed E-state index contributed by atoms with van der Waals surface area (Å²) < 4.78 is 0. The molecule has 0 heterocycles. The van der Waals surface area contributed by atoms with Gasteiger partial charge in [0.2, 0.25) is 0 Å². The van der Waals surface area contributed by atoms with E-state index in [1.165, 1.54) is 37.7 Å². The lowest BCUT2D eigenvalue weighted by atomic mass is 9.84. The van der Waals surface area contributed by atoms with Gasteiger partial charge in [0.25, 0.3) is 0 Å². The van der Waals surface area contributed by atoms with Crippen LogP contribution < -0.4 is 0 Å². The first-order chi connectivity index (χ1) is 9.20. The summed E-state index contributed by atoms with van der Waals surface area (Å²) in [7, 11) is 0. The maximum absolute atomic E-state index is 12.3. The smallest absolute Gasteiger partial charge is 0.163 e. The molecule has 1 unspecified atom stereocenters. The topological polar surface area (TPSA) is 17.1 Å². The van der Waals surface area contributed by atoms with Crippen LogP contribution >= 0.6 is 0 Å². The molecule has 1 aromatic carbocycles. The van der Waals surface area contributed by atoms with E-state index in [0.717, 1.165) is 18.4 Å². The molecule has 0 radical (unpaired) electrons. The minimum atomic E-state index is 0.336. The molecule has 0 amide bonds. The van der Waals surface area contributed by atoms with E-state index in [4.69, 9.17) is 0 Å². The van der Waals surface area contributed by atoms with Gasteiger partial charge in [-0.2, -0.15) is 0 Å². The van der Waals surface area contributed by atoms with Gasteiger partial charge in [-0.15, -0.1) is 0 Å². The minimum Gasteiger partial charge on any atom is -0.294 e. The number of carbonyl (C=O) groups is 1. The molecule has 1 fully saturated rings. The van der Waals surface area contributed by atoms with E-state index in [0.29, 0.717) is 17.6 Å². The molecule has 1 aromatic rings. The molecule has 1 atom stereocenters. The SMILES string of the molecule is CCC(C)c1ccc(C(=O)CC2CCCCC2)cc1. The van der Waals surface area contributed by atoms with Crippen molar-refractivity contribution in [3.8, 4) is 0 Å². The van der Waals surface area contributed by atoms with Crippen LogP contribution in [0.1, 0.15) is 80.6 Å². The van der Waals surface area contributed by atoms with Crippen molar-refractivity contribution in [2.75, 3.05) is 0 Å². The highest BCUT2D eigenvalue weighted by molar-refractivity contribution is 5.96. The van der Waals surface area contributed by atoms with Gasteiger partial charge in [0.15, 0.2) is 5.78 Å². The molecule has 0 aliphatic heterocycles. The maximum atomic E-state index is 12.3. The Hall–Kier alpha value is -1.11. The summed E-state index contributed by atoms with van der Waals surface area (Å²) in [6.45, 7) is 4.44. The monoisotopic (exact) mass is 258 g/mol. The van der Waals surface area contributed by atoms with Crippen LogP contribution in [-0.4, -0.2) is 5.78 Å². The van der Waals surface area contributed by atoms with Crippen LogP contribution in [0.15, 0.2) is 24.3 Å². The average Bonchev–Trinajstić information content (AvgIpc) is 2.47. The molecule has 0 saturated heterocycles. The fourth-order valence-corrected chi connectivity index (χ4v) is 3.00. The summed E-state index contributed by atoms with van der Waals surface area (Å²) in [6, 6.07) is 8.30. The number of benzene rings is 1. The van der Waals surface area contributed by atoms with E-state index in [9.17, 15) is 4.79 Å². The Bertz CT molecular complexity index is 398. The van der Waals surface area contributed by atoms with Crippen molar-refractivity contribution in [3.05, 3.63) is 35.4 Å². The second kappa shape index (κ2) is 6.88. The molecule has 0 spiro atoms. The van der Waals surface area contributed by atoms with Crippen LogP contribution in [-0.2, 0) is 0 Å². The average molecular weight is 258 g/mol. The molecular formula is C18H26O. The molecule has 0 N–H and O–H groups in total. The molecule has 1 aliphatic carbocycles. The van der Waals surface area contributed by atoms with Gasteiger partial charge in [-0.25, -0.2) is 0 Å². The second-order valence-corrected chi connectivity index (χ2v) is 6.06. The van der Waals surface area contributed by atoms with Crippen LogP contribution in [0.25, 0.3) is 0 Å². The third-order valence-electron chi connectivity index (χ3n) is 4.61.